The Bertz CT molecular complexity index is 1340. The summed E-state index contributed by atoms with van der Waals surface area (Å²) in [5.41, 5.74) is 13.5. The van der Waals surface area contributed by atoms with Crippen LogP contribution in [0, 0.1) is 18.3 Å². The number of rotatable bonds is 6. The topological polar surface area (TPSA) is 69.1 Å². The van der Waals surface area contributed by atoms with E-state index in [1.54, 1.807) is 12.1 Å². The molecule has 4 heteroatoms. The van der Waals surface area contributed by atoms with E-state index in [0.717, 1.165) is 29.3 Å². The molecule has 0 atom stereocenters. The highest BCUT2D eigenvalue weighted by Gasteiger charge is 2.23. The van der Waals surface area contributed by atoms with Crippen LogP contribution in [-0.4, -0.2) is 10.9 Å². The van der Waals surface area contributed by atoms with E-state index in [2.05, 4.69) is 77.9 Å². The van der Waals surface area contributed by atoms with E-state index >= 15 is 0 Å². The number of aryl methyl sites for hydroxylation is 1. The highest BCUT2D eigenvalue weighted by Crippen LogP contribution is 2.39. The summed E-state index contributed by atoms with van der Waals surface area (Å²) in [4.78, 5) is 16.7. The maximum atomic E-state index is 11.5. The molecule has 176 valence electrons. The lowest BCUT2D eigenvalue weighted by Gasteiger charge is -2.25. The highest BCUT2D eigenvalue weighted by molar-refractivity contribution is 5.99. The molecule has 0 saturated carbocycles. The number of carbonyl (C=O) groups excluding carboxylic acids is 1. The zero-order valence-corrected chi connectivity index (χ0v) is 21.0. The zero-order valence-electron chi connectivity index (χ0n) is 21.0. The molecule has 2 heterocycles. The number of benzene rings is 2. The molecule has 2 aromatic heterocycles. The van der Waals surface area contributed by atoms with Crippen LogP contribution in [0.2, 0.25) is 0 Å². The summed E-state index contributed by atoms with van der Waals surface area (Å²) in [5.74, 6) is 0.714. The highest BCUT2D eigenvalue weighted by atomic mass is 16.3. The molecule has 2 N–H and O–H groups in total. The van der Waals surface area contributed by atoms with Crippen LogP contribution in [0.1, 0.15) is 62.0 Å². The standard InChI is InChI=1S/C30H34N2O2/c1-18(2)15-25-23(17-30(4,5)6)28(20-9-7-19(3)8-10-20)22-16-21(11-12-24(22)32-25)26-13-14-27(34-26)29(31)33/h7-14,16,18H,15,17H2,1-6H3,(H2,31,33). The van der Waals surface area contributed by atoms with Crippen molar-refractivity contribution < 1.29 is 9.21 Å². The van der Waals surface area contributed by atoms with Crippen LogP contribution in [0.25, 0.3) is 33.4 Å². The summed E-state index contributed by atoms with van der Waals surface area (Å²) in [6.07, 6.45) is 1.86. The Morgan fingerprint density at radius 1 is 1.00 bits per heavy atom. The van der Waals surface area contributed by atoms with Crippen molar-refractivity contribution in [3.05, 3.63) is 77.2 Å². The number of pyridine rings is 1. The first-order valence-corrected chi connectivity index (χ1v) is 11.9. The summed E-state index contributed by atoms with van der Waals surface area (Å²) < 4.78 is 5.73. The van der Waals surface area contributed by atoms with E-state index < -0.39 is 5.91 Å². The van der Waals surface area contributed by atoms with E-state index in [-0.39, 0.29) is 11.2 Å². The first-order chi connectivity index (χ1) is 16.0. The van der Waals surface area contributed by atoms with Gasteiger partial charge in [0.1, 0.15) is 5.76 Å². The smallest absolute Gasteiger partial charge is 0.284 e. The van der Waals surface area contributed by atoms with Gasteiger partial charge in [0, 0.05) is 16.6 Å². The number of fused-ring (bicyclic) bond motifs is 1. The minimum absolute atomic E-state index is 0.107. The predicted molar refractivity (Wildman–Crippen MR) is 140 cm³/mol. The summed E-state index contributed by atoms with van der Waals surface area (Å²) in [5, 5.41) is 1.09. The van der Waals surface area contributed by atoms with Gasteiger partial charge in [0.05, 0.1) is 5.52 Å². The molecule has 4 aromatic rings. The van der Waals surface area contributed by atoms with Crippen molar-refractivity contribution in [2.45, 2.75) is 54.4 Å². The molecule has 0 unspecified atom stereocenters. The van der Waals surface area contributed by atoms with Crippen molar-refractivity contribution in [1.29, 1.82) is 0 Å². The van der Waals surface area contributed by atoms with Gasteiger partial charge in [0.15, 0.2) is 5.76 Å². The van der Waals surface area contributed by atoms with Crippen molar-refractivity contribution in [2.75, 3.05) is 0 Å². The minimum atomic E-state index is -0.570. The van der Waals surface area contributed by atoms with Gasteiger partial charge in [-0.05, 0) is 78.1 Å². The molecule has 0 aliphatic heterocycles. The average Bonchev–Trinajstić information content (AvgIpc) is 3.24. The molecule has 0 fully saturated rings. The normalized spacial score (nSPS) is 12.0. The quantitative estimate of drug-likeness (QED) is 0.331. The van der Waals surface area contributed by atoms with Crippen molar-refractivity contribution in [1.82, 2.24) is 4.98 Å². The second-order valence-corrected chi connectivity index (χ2v) is 10.9. The number of primary amides is 1. The number of hydrogen-bond donors (Lipinski definition) is 1. The maximum Gasteiger partial charge on any atom is 0.284 e. The van der Waals surface area contributed by atoms with Crippen LogP contribution in [0.3, 0.4) is 0 Å². The van der Waals surface area contributed by atoms with Crippen molar-refractivity contribution in [3.63, 3.8) is 0 Å². The molecular weight excluding hydrogens is 420 g/mol. The second-order valence-electron chi connectivity index (χ2n) is 10.9. The molecule has 0 bridgehead atoms. The number of nitrogens with zero attached hydrogens (tertiary/aromatic N) is 1. The van der Waals surface area contributed by atoms with E-state index in [1.165, 1.54) is 27.9 Å². The van der Waals surface area contributed by atoms with Gasteiger partial charge in [0.2, 0.25) is 0 Å². The van der Waals surface area contributed by atoms with Gasteiger partial charge < -0.3 is 10.2 Å². The molecule has 0 saturated heterocycles. The van der Waals surface area contributed by atoms with Crippen LogP contribution >= 0.6 is 0 Å². The fraction of sp³-hybridized carbons (Fsp3) is 0.333. The summed E-state index contributed by atoms with van der Waals surface area (Å²) in [6, 6.07) is 18.4. The second kappa shape index (κ2) is 9.09. The Kier molecular flexibility index (Phi) is 6.35. The Labute approximate surface area is 202 Å². The van der Waals surface area contributed by atoms with Crippen molar-refractivity contribution in [2.24, 2.45) is 17.1 Å². The first kappa shape index (κ1) is 23.7. The van der Waals surface area contributed by atoms with Gasteiger partial charge in [-0.25, -0.2) is 0 Å². The minimum Gasteiger partial charge on any atom is -0.451 e. The van der Waals surface area contributed by atoms with Crippen LogP contribution in [0.5, 0.6) is 0 Å². The van der Waals surface area contributed by atoms with E-state index in [1.807, 2.05) is 6.07 Å². The predicted octanol–water partition coefficient (Wildman–Crippen LogP) is 7.36. The molecule has 2 aromatic carbocycles. The van der Waals surface area contributed by atoms with Gasteiger partial charge in [-0.2, -0.15) is 0 Å². The molecule has 4 rings (SSSR count). The maximum absolute atomic E-state index is 11.5. The third kappa shape index (κ3) is 5.06. The number of amides is 1. The fourth-order valence-electron chi connectivity index (χ4n) is 4.46. The van der Waals surface area contributed by atoms with E-state index in [4.69, 9.17) is 15.1 Å². The zero-order chi connectivity index (χ0) is 24.6. The fourth-order valence-corrected chi connectivity index (χ4v) is 4.46. The number of hydrogen-bond acceptors (Lipinski definition) is 3. The number of nitrogens with two attached hydrogens (primary N) is 1. The van der Waals surface area contributed by atoms with Gasteiger partial charge in [-0.1, -0.05) is 64.4 Å². The van der Waals surface area contributed by atoms with E-state index in [0.29, 0.717) is 11.7 Å². The molecule has 0 aliphatic carbocycles. The average molecular weight is 455 g/mol. The Balaban J connectivity index is 2.03. The van der Waals surface area contributed by atoms with Gasteiger partial charge in [-0.15, -0.1) is 0 Å². The van der Waals surface area contributed by atoms with Crippen LogP contribution in [0.4, 0.5) is 0 Å². The van der Waals surface area contributed by atoms with Crippen LogP contribution in [-0.2, 0) is 12.8 Å². The lowest BCUT2D eigenvalue weighted by molar-refractivity contribution is 0.0974. The van der Waals surface area contributed by atoms with Gasteiger partial charge >= 0.3 is 0 Å². The van der Waals surface area contributed by atoms with Gasteiger partial charge in [0.25, 0.3) is 5.91 Å². The lowest BCUT2D eigenvalue weighted by atomic mass is 9.81. The number of furan rings is 1. The summed E-state index contributed by atoms with van der Waals surface area (Å²) in [7, 11) is 0. The van der Waals surface area contributed by atoms with Crippen molar-refractivity contribution in [3.8, 4) is 22.5 Å². The molecule has 0 radical (unpaired) electrons. The molecule has 0 aliphatic rings. The van der Waals surface area contributed by atoms with Crippen LogP contribution < -0.4 is 5.73 Å². The molecule has 34 heavy (non-hydrogen) atoms. The summed E-state index contributed by atoms with van der Waals surface area (Å²) >= 11 is 0. The van der Waals surface area contributed by atoms with Gasteiger partial charge in [-0.3, -0.25) is 9.78 Å². The number of carbonyl (C=O) groups is 1. The Morgan fingerprint density at radius 2 is 1.68 bits per heavy atom. The third-order valence-electron chi connectivity index (χ3n) is 5.95. The largest absolute Gasteiger partial charge is 0.451 e. The molecule has 0 spiro atoms. The molecule has 4 nitrogen and oxygen atoms in total. The molecular formula is C30H34N2O2. The Morgan fingerprint density at radius 3 is 2.26 bits per heavy atom. The first-order valence-electron chi connectivity index (χ1n) is 11.9. The van der Waals surface area contributed by atoms with E-state index in [9.17, 15) is 4.79 Å². The Hall–Kier alpha value is -3.40. The van der Waals surface area contributed by atoms with Crippen molar-refractivity contribution >= 4 is 16.8 Å². The summed E-state index contributed by atoms with van der Waals surface area (Å²) in [6.45, 7) is 13.4. The molecule has 1 amide bonds. The van der Waals surface area contributed by atoms with Crippen LogP contribution in [0.15, 0.2) is 59.0 Å². The number of aromatic nitrogens is 1. The SMILES string of the molecule is Cc1ccc(-c2c(CC(C)(C)C)c(CC(C)C)nc3ccc(-c4ccc(C(N)=O)o4)cc23)cc1. The lowest BCUT2D eigenvalue weighted by Crippen LogP contribution is -2.15. The monoisotopic (exact) mass is 454 g/mol. The third-order valence-corrected chi connectivity index (χ3v) is 5.95.